The molecule has 0 heterocycles. The fourth-order valence-corrected chi connectivity index (χ4v) is 2.18. The first-order valence-electron chi connectivity index (χ1n) is 6.60. The van der Waals surface area contributed by atoms with E-state index >= 15 is 0 Å². The summed E-state index contributed by atoms with van der Waals surface area (Å²) < 4.78 is 32.8. The van der Waals surface area contributed by atoms with Crippen LogP contribution in [0.25, 0.3) is 0 Å². The highest BCUT2D eigenvalue weighted by Gasteiger charge is 2.09. The van der Waals surface area contributed by atoms with Crippen LogP contribution in [-0.4, -0.2) is 6.04 Å². The average molecular weight is 356 g/mol. The maximum Gasteiger partial charge on any atom is 0.162 e. The SMILES string of the molecule is CC(C)NCc1cc(Br)ccc1Oc1ccc(F)c(F)c1. The lowest BCUT2D eigenvalue weighted by Crippen LogP contribution is -2.22. The summed E-state index contributed by atoms with van der Waals surface area (Å²) in [7, 11) is 0. The molecule has 112 valence electrons. The number of rotatable bonds is 5. The van der Waals surface area contributed by atoms with Crippen molar-refractivity contribution in [1.82, 2.24) is 5.32 Å². The number of halogens is 3. The van der Waals surface area contributed by atoms with Crippen LogP contribution in [0.1, 0.15) is 19.4 Å². The minimum absolute atomic E-state index is 0.266. The van der Waals surface area contributed by atoms with Crippen molar-refractivity contribution in [1.29, 1.82) is 0 Å². The first kappa shape index (κ1) is 15.9. The number of hydrogen-bond donors (Lipinski definition) is 1. The van der Waals surface area contributed by atoms with E-state index in [-0.39, 0.29) is 5.75 Å². The van der Waals surface area contributed by atoms with E-state index in [0.29, 0.717) is 18.3 Å². The van der Waals surface area contributed by atoms with Gasteiger partial charge in [0.1, 0.15) is 11.5 Å². The molecule has 0 unspecified atom stereocenters. The van der Waals surface area contributed by atoms with E-state index in [1.165, 1.54) is 6.07 Å². The summed E-state index contributed by atoms with van der Waals surface area (Å²) in [5, 5.41) is 3.30. The zero-order valence-corrected chi connectivity index (χ0v) is 13.4. The molecule has 0 aliphatic rings. The quantitative estimate of drug-likeness (QED) is 0.813. The number of nitrogens with one attached hydrogen (secondary N) is 1. The van der Waals surface area contributed by atoms with Gasteiger partial charge < -0.3 is 10.1 Å². The second-order valence-corrected chi connectivity index (χ2v) is 5.88. The smallest absolute Gasteiger partial charge is 0.162 e. The van der Waals surface area contributed by atoms with Gasteiger partial charge in [-0.2, -0.15) is 0 Å². The van der Waals surface area contributed by atoms with Crippen LogP contribution in [0.2, 0.25) is 0 Å². The molecule has 0 radical (unpaired) electrons. The first-order chi connectivity index (χ1) is 9.95. The van der Waals surface area contributed by atoms with E-state index in [4.69, 9.17) is 4.74 Å². The molecule has 0 saturated heterocycles. The van der Waals surface area contributed by atoms with Crippen molar-refractivity contribution in [2.45, 2.75) is 26.4 Å². The van der Waals surface area contributed by atoms with Crippen LogP contribution in [-0.2, 0) is 6.54 Å². The lowest BCUT2D eigenvalue weighted by atomic mass is 10.2. The maximum atomic E-state index is 13.2. The molecule has 2 aromatic carbocycles. The standard InChI is InChI=1S/C16H16BrF2NO/c1-10(2)20-9-11-7-12(17)3-6-16(11)21-13-4-5-14(18)15(19)8-13/h3-8,10,20H,9H2,1-2H3. The highest BCUT2D eigenvalue weighted by molar-refractivity contribution is 9.10. The molecular weight excluding hydrogens is 340 g/mol. The summed E-state index contributed by atoms with van der Waals surface area (Å²) in [5.41, 5.74) is 0.933. The van der Waals surface area contributed by atoms with E-state index in [2.05, 4.69) is 21.2 Å². The summed E-state index contributed by atoms with van der Waals surface area (Å²) in [6.07, 6.45) is 0. The summed E-state index contributed by atoms with van der Waals surface area (Å²) in [4.78, 5) is 0. The van der Waals surface area contributed by atoms with Crippen LogP contribution in [0.3, 0.4) is 0 Å². The van der Waals surface area contributed by atoms with E-state index in [9.17, 15) is 8.78 Å². The minimum atomic E-state index is -0.925. The van der Waals surface area contributed by atoms with Gasteiger partial charge >= 0.3 is 0 Å². The lowest BCUT2D eigenvalue weighted by Gasteiger charge is -2.14. The predicted molar refractivity (Wildman–Crippen MR) is 82.5 cm³/mol. The molecule has 0 amide bonds. The van der Waals surface area contributed by atoms with Gasteiger partial charge in [-0.05, 0) is 30.3 Å². The Balaban J connectivity index is 2.23. The molecule has 0 aliphatic heterocycles. The third kappa shape index (κ3) is 4.51. The van der Waals surface area contributed by atoms with E-state index in [1.54, 1.807) is 6.07 Å². The van der Waals surface area contributed by atoms with Crippen LogP contribution in [0.5, 0.6) is 11.5 Å². The van der Waals surface area contributed by atoms with Gasteiger partial charge in [0.05, 0.1) is 0 Å². The molecule has 0 bridgehead atoms. The van der Waals surface area contributed by atoms with Gasteiger partial charge in [0.25, 0.3) is 0 Å². The van der Waals surface area contributed by atoms with Gasteiger partial charge in [-0.3, -0.25) is 0 Å². The molecule has 2 nitrogen and oxygen atoms in total. The fourth-order valence-electron chi connectivity index (χ4n) is 1.77. The Morgan fingerprint density at radius 1 is 1.10 bits per heavy atom. The summed E-state index contributed by atoms with van der Waals surface area (Å²) >= 11 is 3.42. The Morgan fingerprint density at radius 2 is 1.86 bits per heavy atom. The van der Waals surface area contributed by atoms with Gasteiger partial charge in [0, 0.05) is 28.7 Å². The molecule has 21 heavy (non-hydrogen) atoms. The van der Waals surface area contributed by atoms with Gasteiger partial charge in [-0.25, -0.2) is 8.78 Å². The Labute approximate surface area is 131 Å². The normalized spacial score (nSPS) is 11.0. The number of benzene rings is 2. The molecule has 0 aliphatic carbocycles. The Bertz CT molecular complexity index is 632. The number of hydrogen-bond acceptors (Lipinski definition) is 2. The van der Waals surface area contributed by atoms with Crippen LogP contribution in [0, 0.1) is 11.6 Å². The third-order valence-electron chi connectivity index (χ3n) is 2.84. The van der Waals surface area contributed by atoms with Crippen molar-refractivity contribution in [3.8, 4) is 11.5 Å². The van der Waals surface area contributed by atoms with Crippen LogP contribution in [0.15, 0.2) is 40.9 Å². The monoisotopic (exact) mass is 355 g/mol. The lowest BCUT2D eigenvalue weighted by molar-refractivity contribution is 0.453. The molecule has 1 N–H and O–H groups in total. The predicted octanol–water partition coefficient (Wildman–Crippen LogP) is 5.02. The second-order valence-electron chi connectivity index (χ2n) is 4.97. The molecule has 0 aromatic heterocycles. The largest absolute Gasteiger partial charge is 0.457 e. The van der Waals surface area contributed by atoms with Crippen molar-refractivity contribution < 1.29 is 13.5 Å². The molecule has 0 atom stereocenters. The summed E-state index contributed by atoms with van der Waals surface area (Å²) in [6, 6.07) is 9.40. The third-order valence-corrected chi connectivity index (χ3v) is 3.34. The van der Waals surface area contributed by atoms with E-state index in [0.717, 1.165) is 22.2 Å². The zero-order valence-electron chi connectivity index (χ0n) is 11.8. The van der Waals surface area contributed by atoms with Crippen LogP contribution >= 0.6 is 15.9 Å². The van der Waals surface area contributed by atoms with Crippen LogP contribution in [0.4, 0.5) is 8.78 Å². The van der Waals surface area contributed by atoms with E-state index in [1.807, 2.05) is 26.0 Å². The summed E-state index contributed by atoms with van der Waals surface area (Å²) in [5.74, 6) is -0.939. The van der Waals surface area contributed by atoms with Gasteiger partial charge in [-0.1, -0.05) is 29.8 Å². The maximum absolute atomic E-state index is 13.2. The van der Waals surface area contributed by atoms with Gasteiger partial charge in [0.15, 0.2) is 11.6 Å². The molecule has 2 rings (SSSR count). The zero-order chi connectivity index (χ0) is 15.4. The first-order valence-corrected chi connectivity index (χ1v) is 7.39. The highest BCUT2D eigenvalue weighted by Crippen LogP contribution is 2.29. The van der Waals surface area contributed by atoms with Gasteiger partial charge in [0.2, 0.25) is 0 Å². The molecule has 0 saturated carbocycles. The van der Waals surface area contributed by atoms with Gasteiger partial charge in [-0.15, -0.1) is 0 Å². The van der Waals surface area contributed by atoms with E-state index < -0.39 is 11.6 Å². The van der Waals surface area contributed by atoms with Crippen molar-refractivity contribution in [2.75, 3.05) is 0 Å². The summed E-state index contributed by atoms with van der Waals surface area (Å²) in [6.45, 7) is 4.72. The molecule has 2 aromatic rings. The molecule has 5 heteroatoms. The molecular formula is C16H16BrF2NO. The Hall–Kier alpha value is -1.46. The van der Waals surface area contributed by atoms with Crippen molar-refractivity contribution in [3.63, 3.8) is 0 Å². The number of ether oxygens (including phenoxy) is 1. The Morgan fingerprint density at radius 3 is 2.52 bits per heavy atom. The Kier molecular flexibility index (Phi) is 5.31. The van der Waals surface area contributed by atoms with Crippen molar-refractivity contribution in [2.24, 2.45) is 0 Å². The van der Waals surface area contributed by atoms with Crippen molar-refractivity contribution >= 4 is 15.9 Å². The van der Waals surface area contributed by atoms with Crippen molar-refractivity contribution in [3.05, 3.63) is 58.1 Å². The second kappa shape index (κ2) is 7.00. The molecule has 0 fully saturated rings. The molecule has 0 spiro atoms. The highest BCUT2D eigenvalue weighted by atomic mass is 79.9. The minimum Gasteiger partial charge on any atom is -0.457 e. The topological polar surface area (TPSA) is 21.3 Å². The van der Waals surface area contributed by atoms with Crippen LogP contribution < -0.4 is 10.1 Å². The average Bonchev–Trinajstić information content (AvgIpc) is 2.43. The fraction of sp³-hybridized carbons (Fsp3) is 0.250.